The number of amides is 1. The molecule has 0 aliphatic rings. The fraction of sp³-hybridized carbons (Fsp3) is 0.400. The van der Waals surface area contributed by atoms with E-state index in [1.54, 1.807) is 0 Å². The molecule has 104 valence electrons. The lowest BCUT2D eigenvalue weighted by atomic mass is 10.0. The molecule has 1 rings (SSSR count). The van der Waals surface area contributed by atoms with Gasteiger partial charge in [0, 0.05) is 13.5 Å². The lowest BCUT2D eigenvalue weighted by Crippen LogP contribution is -2.35. The number of aromatic nitrogens is 1. The lowest BCUT2D eigenvalue weighted by Gasteiger charge is -2.17. The molecule has 0 aromatic carbocycles. The minimum absolute atomic E-state index is 0.274. The molecule has 0 aliphatic heterocycles. The van der Waals surface area contributed by atoms with Crippen LogP contribution in [0.15, 0.2) is 18.5 Å². The highest BCUT2D eigenvalue weighted by Gasteiger charge is 2.29. The summed E-state index contributed by atoms with van der Waals surface area (Å²) in [5, 5.41) is 43.5. The van der Waals surface area contributed by atoms with Crippen molar-refractivity contribution >= 4 is 11.6 Å². The predicted octanol–water partition coefficient (Wildman–Crippen LogP) is -1.24. The van der Waals surface area contributed by atoms with Crippen LogP contribution in [0.25, 0.3) is 0 Å². The molecule has 0 fully saturated rings. The van der Waals surface area contributed by atoms with Gasteiger partial charge in [0.1, 0.15) is 17.8 Å². The molecule has 2 unspecified atom stereocenters. The highest BCUT2D eigenvalue weighted by Crippen LogP contribution is 2.25. The molecule has 0 spiro atoms. The molecule has 19 heavy (non-hydrogen) atoms. The van der Waals surface area contributed by atoms with Gasteiger partial charge in [0.15, 0.2) is 12.4 Å². The first kappa shape index (κ1) is 14.8. The van der Waals surface area contributed by atoms with Crippen molar-refractivity contribution in [3.05, 3.63) is 39.3 Å². The highest BCUT2D eigenvalue weighted by atomic mass is 16.6. The molecule has 1 amide bonds. The van der Waals surface area contributed by atoms with Crippen LogP contribution in [0.4, 0.5) is 5.69 Å². The summed E-state index contributed by atoms with van der Waals surface area (Å²) in [6.07, 6.45) is -1.41. The lowest BCUT2D eigenvalue weighted by molar-refractivity contribution is -0.606. The van der Waals surface area contributed by atoms with E-state index in [1.165, 1.54) is 6.92 Å². The third kappa shape index (κ3) is 3.86. The first-order chi connectivity index (χ1) is 8.82. The number of aliphatic hydroxyl groups is 2. The molecule has 0 bridgehead atoms. The molecule has 9 nitrogen and oxygen atoms in total. The van der Waals surface area contributed by atoms with Crippen molar-refractivity contribution in [1.29, 1.82) is 0 Å². The summed E-state index contributed by atoms with van der Waals surface area (Å²) in [6.45, 7) is 0.928. The van der Waals surface area contributed by atoms with Crippen molar-refractivity contribution in [3.63, 3.8) is 0 Å². The third-order valence-corrected chi connectivity index (χ3v) is 2.38. The van der Waals surface area contributed by atoms with Gasteiger partial charge in [0.05, 0.1) is 11.0 Å². The van der Waals surface area contributed by atoms with Crippen molar-refractivity contribution < 1.29 is 24.7 Å². The van der Waals surface area contributed by atoms with Gasteiger partial charge in [-0.15, -0.1) is 0 Å². The second-order valence-electron chi connectivity index (χ2n) is 3.85. The average molecular weight is 271 g/mol. The van der Waals surface area contributed by atoms with E-state index in [2.05, 4.69) is 5.32 Å². The summed E-state index contributed by atoms with van der Waals surface area (Å²) in [5.74, 6) is -0.423. The van der Waals surface area contributed by atoms with Crippen LogP contribution >= 0.6 is 0 Å². The molecular formula is C10H13N3O6. The molecular weight excluding hydrogens is 258 g/mol. The van der Waals surface area contributed by atoms with Crippen LogP contribution in [-0.4, -0.2) is 33.7 Å². The summed E-state index contributed by atoms with van der Waals surface area (Å²) in [7, 11) is 0. The number of nitro groups is 1. The summed E-state index contributed by atoms with van der Waals surface area (Å²) in [5.41, 5.74) is -0.804. The van der Waals surface area contributed by atoms with E-state index < -0.39 is 28.7 Å². The summed E-state index contributed by atoms with van der Waals surface area (Å²) in [6, 6.07) is 0.927. The van der Waals surface area contributed by atoms with Crippen LogP contribution in [0, 0.1) is 15.3 Å². The Hall–Kier alpha value is -2.26. The van der Waals surface area contributed by atoms with Crippen molar-refractivity contribution in [1.82, 2.24) is 5.32 Å². The van der Waals surface area contributed by atoms with E-state index in [-0.39, 0.29) is 16.8 Å². The zero-order chi connectivity index (χ0) is 14.6. The zero-order valence-electron chi connectivity index (χ0n) is 10.0. The van der Waals surface area contributed by atoms with Gasteiger partial charge in [-0.2, -0.15) is 4.73 Å². The zero-order valence-corrected chi connectivity index (χ0v) is 10.0. The van der Waals surface area contributed by atoms with Crippen LogP contribution in [-0.2, 0) is 4.79 Å². The Labute approximate surface area is 107 Å². The third-order valence-electron chi connectivity index (χ3n) is 2.38. The first-order valence-electron chi connectivity index (χ1n) is 5.30. The minimum atomic E-state index is -1.66. The van der Waals surface area contributed by atoms with E-state index in [4.69, 9.17) is 0 Å². The van der Waals surface area contributed by atoms with Crippen molar-refractivity contribution in [2.24, 2.45) is 0 Å². The van der Waals surface area contributed by atoms with Crippen molar-refractivity contribution in [3.8, 4) is 0 Å². The Kier molecular flexibility index (Phi) is 4.73. The number of pyridine rings is 1. The SMILES string of the molecule is CC(=O)NCC(O)C(O)c1c[n+]([O-])ccc1[N+](=O)[O-]. The number of carbonyl (C=O) groups is 1. The number of rotatable bonds is 5. The first-order valence-corrected chi connectivity index (χ1v) is 5.30. The molecule has 9 heteroatoms. The Morgan fingerprint density at radius 2 is 2.21 bits per heavy atom. The number of nitrogens with zero attached hydrogens (tertiary/aromatic N) is 2. The number of nitrogens with one attached hydrogen (secondary N) is 1. The molecule has 0 radical (unpaired) electrons. The van der Waals surface area contributed by atoms with Gasteiger partial charge >= 0.3 is 0 Å². The number of hydrogen-bond donors (Lipinski definition) is 3. The topological polar surface area (TPSA) is 140 Å². The second-order valence-corrected chi connectivity index (χ2v) is 3.85. The van der Waals surface area contributed by atoms with Gasteiger partial charge < -0.3 is 20.7 Å². The van der Waals surface area contributed by atoms with Gasteiger partial charge in [-0.05, 0) is 0 Å². The number of aliphatic hydroxyl groups excluding tert-OH is 2. The Bertz CT molecular complexity index is 492. The summed E-state index contributed by atoms with van der Waals surface area (Å²) < 4.78 is 0.274. The predicted molar refractivity (Wildman–Crippen MR) is 61.7 cm³/mol. The molecule has 1 aromatic heterocycles. The van der Waals surface area contributed by atoms with Gasteiger partial charge in [0.2, 0.25) is 5.91 Å². The summed E-state index contributed by atoms with van der Waals surface area (Å²) in [4.78, 5) is 20.7. The van der Waals surface area contributed by atoms with Crippen LogP contribution in [0.1, 0.15) is 18.6 Å². The molecule has 1 aromatic rings. The number of hydrogen-bond acceptors (Lipinski definition) is 6. The van der Waals surface area contributed by atoms with Crippen LogP contribution in [0.3, 0.4) is 0 Å². The molecule has 2 atom stereocenters. The minimum Gasteiger partial charge on any atom is -0.619 e. The van der Waals surface area contributed by atoms with Crippen LogP contribution < -0.4 is 10.0 Å². The van der Waals surface area contributed by atoms with Crippen molar-refractivity contribution in [2.75, 3.05) is 6.54 Å². The quantitative estimate of drug-likeness (QED) is 0.265. The standard InChI is InChI=1S/C10H13N3O6/c1-6(14)11-4-9(15)10(16)7-5-12(17)3-2-8(7)13(18)19/h2-3,5,9-10,15-16H,4H2,1H3,(H,11,14). The fourth-order valence-corrected chi connectivity index (χ4v) is 1.45. The fourth-order valence-electron chi connectivity index (χ4n) is 1.45. The maximum atomic E-state index is 11.1. The molecule has 3 N–H and O–H groups in total. The van der Waals surface area contributed by atoms with E-state index >= 15 is 0 Å². The van der Waals surface area contributed by atoms with E-state index in [0.717, 1.165) is 18.5 Å². The Morgan fingerprint density at radius 1 is 1.58 bits per heavy atom. The Morgan fingerprint density at radius 3 is 2.74 bits per heavy atom. The van der Waals surface area contributed by atoms with Gasteiger partial charge in [0.25, 0.3) is 5.69 Å². The average Bonchev–Trinajstić information content (AvgIpc) is 2.34. The van der Waals surface area contributed by atoms with E-state index in [1.807, 2.05) is 0 Å². The molecule has 0 saturated carbocycles. The maximum Gasteiger partial charge on any atom is 0.287 e. The molecule has 0 saturated heterocycles. The smallest absolute Gasteiger partial charge is 0.287 e. The Balaban J connectivity index is 2.97. The van der Waals surface area contributed by atoms with Gasteiger partial charge in [-0.3, -0.25) is 14.9 Å². The van der Waals surface area contributed by atoms with Gasteiger partial charge in [-0.25, -0.2) is 0 Å². The number of carbonyl (C=O) groups excluding carboxylic acids is 1. The highest BCUT2D eigenvalue weighted by molar-refractivity contribution is 5.72. The molecule has 0 aliphatic carbocycles. The monoisotopic (exact) mass is 271 g/mol. The maximum absolute atomic E-state index is 11.1. The van der Waals surface area contributed by atoms with Crippen molar-refractivity contribution in [2.45, 2.75) is 19.1 Å². The molecule has 1 heterocycles. The second kappa shape index (κ2) is 6.07. The van der Waals surface area contributed by atoms with Gasteiger partial charge in [-0.1, -0.05) is 0 Å². The normalized spacial score (nSPS) is 13.6. The summed E-state index contributed by atoms with van der Waals surface area (Å²) >= 11 is 0. The van der Waals surface area contributed by atoms with Crippen LogP contribution in [0.2, 0.25) is 0 Å². The largest absolute Gasteiger partial charge is 0.619 e. The van der Waals surface area contributed by atoms with Crippen LogP contribution in [0.5, 0.6) is 0 Å². The van der Waals surface area contributed by atoms with E-state index in [0.29, 0.717) is 0 Å². The van der Waals surface area contributed by atoms with E-state index in [9.17, 15) is 30.3 Å².